The lowest BCUT2D eigenvalue weighted by Crippen LogP contribution is -2.46. The summed E-state index contributed by atoms with van der Waals surface area (Å²) in [5.74, 6) is 0. The van der Waals surface area contributed by atoms with Crippen molar-refractivity contribution in [3.05, 3.63) is 35.4 Å². The van der Waals surface area contributed by atoms with Crippen LogP contribution >= 0.6 is 0 Å². The SMILES string of the molecule is CN(C)CC(C)(O)CNCC1OCCc2ccccc21. The minimum atomic E-state index is -0.725. The van der Waals surface area contributed by atoms with E-state index >= 15 is 0 Å². The molecule has 20 heavy (non-hydrogen) atoms. The summed E-state index contributed by atoms with van der Waals surface area (Å²) in [5, 5.41) is 13.6. The molecule has 2 rings (SSSR count). The van der Waals surface area contributed by atoms with Crippen LogP contribution in [-0.2, 0) is 11.2 Å². The molecule has 0 aromatic heterocycles. The van der Waals surface area contributed by atoms with Gasteiger partial charge in [0.25, 0.3) is 0 Å². The molecule has 4 heteroatoms. The van der Waals surface area contributed by atoms with Gasteiger partial charge in [0.1, 0.15) is 0 Å². The van der Waals surface area contributed by atoms with Gasteiger partial charge in [0, 0.05) is 19.6 Å². The molecule has 4 nitrogen and oxygen atoms in total. The molecule has 0 radical (unpaired) electrons. The van der Waals surface area contributed by atoms with E-state index < -0.39 is 5.60 Å². The molecule has 1 aromatic rings. The molecule has 0 amide bonds. The normalized spacial score (nSPS) is 21.6. The number of benzene rings is 1. The molecule has 0 spiro atoms. The summed E-state index contributed by atoms with van der Waals surface area (Å²) < 4.78 is 5.85. The van der Waals surface area contributed by atoms with Crippen molar-refractivity contribution in [2.24, 2.45) is 0 Å². The third-order valence-corrected chi connectivity index (χ3v) is 3.58. The highest BCUT2D eigenvalue weighted by molar-refractivity contribution is 5.31. The van der Waals surface area contributed by atoms with E-state index in [1.54, 1.807) is 0 Å². The fraction of sp³-hybridized carbons (Fsp3) is 0.625. The average Bonchev–Trinajstić information content (AvgIpc) is 2.37. The molecular formula is C16H26N2O2. The third kappa shape index (κ3) is 4.28. The zero-order valence-electron chi connectivity index (χ0n) is 12.7. The van der Waals surface area contributed by atoms with Crippen LogP contribution < -0.4 is 5.32 Å². The zero-order chi connectivity index (χ0) is 14.6. The molecule has 0 saturated heterocycles. The van der Waals surface area contributed by atoms with Crippen molar-refractivity contribution in [2.45, 2.75) is 25.0 Å². The number of nitrogens with zero attached hydrogens (tertiary/aromatic N) is 1. The first-order valence-electron chi connectivity index (χ1n) is 7.25. The lowest BCUT2D eigenvalue weighted by atomic mass is 9.97. The van der Waals surface area contributed by atoms with Crippen molar-refractivity contribution in [2.75, 3.05) is 40.3 Å². The van der Waals surface area contributed by atoms with Crippen LogP contribution in [0.5, 0.6) is 0 Å². The minimum Gasteiger partial charge on any atom is -0.388 e. The van der Waals surface area contributed by atoms with E-state index in [0.29, 0.717) is 13.1 Å². The first-order chi connectivity index (χ1) is 9.48. The average molecular weight is 278 g/mol. The first-order valence-corrected chi connectivity index (χ1v) is 7.25. The lowest BCUT2D eigenvalue weighted by Gasteiger charge is -2.30. The maximum atomic E-state index is 10.3. The van der Waals surface area contributed by atoms with Crippen molar-refractivity contribution in [1.82, 2.24) is 10.2 Å². The maximum Gasteiger partial charge on any atom is 0.0952 e. The van der Waals surface area contributed by atoms with Crippen molar-refractivity contribution in [1.29, 1.82) is 0 Å². The topological polar surface area (TPSA) is 44.7 Å². The molecule has 1 aromatic carbocycles. The molecule has 2 N–H and O–H groups in total. The Morgan fingerprint density at radius 1 is 1.40 bits per heavy atom. The van der Waals surface area contributed by atoms with E-state index in [2.05, 4.69) is 29.6 Å². The Hall–Kier alpha value is -0.940. The Morgan fingerprint density at radius 3 is 2.90 bits per heavy atom. The van der Waals surface area contributed by atoms with Gasteiger partial charge < -0.3 is 20.1 Å². The molecular weight excluding hydrogens is 252 g/mol. The fourth-order valence-electron chi connectivity index (χ4n) is 2.86. The highest BCUT2D eigenvalue weighted by atomic mass is 16.5. The van der Waals surface area contributed by atoms with Gasteiger partial charge in [0.05, 0.1) is 18.3 Å². The predicted molar refractivity (Wildman–Crippen MR) is 80.9 cm³/mol. The molecule has 0 aliphatic carbocycles. The Morgan fingerprint density at radius 2 is 2.15 bits per heavy atom. The van der Waals surface area contributed by atoms with E-state index in [0.717, 1.165) is 19.6 Å². The fourth-order valence-corrected chi connectivity index (χ4v) is 2.86. The number of hydrogen-bond donors (Lipinski definition) is 2. The van der Waals surface area contributed by atoms with Crippen LogP contribution in [0.3, 0.4) is 0 Å². The number of ether oxygens (including phenoxy) is 1. The molecule has 2 unspecified atom stereocenters. The molecule has 1 heterocycles. The van der Waals surface area contributed by atoms with Crippen LogP contribution in [0.15, 0.2) is 24.3 Å². The minimum absolute atomic E-state index is 0.0927. The summed E-state index contributed by atoms with van der Waals surface area (Å²) in [5.41, 5.74) is 1.93. The van der Waals surface area contributed by atoms with Gasteiger partial charge in [-0.15, -0.1) is 0 Å². The van der Waals surface area contributed by atoms with Gasteiger partial charge in [-0.25, -0.2) is 0 Å². The highest BCUT2D eigenvalue weighted by Gasteiger charge is 2.23. The second kappa shape index (κ2) is 6.68. The standard InChI is InChI=1S/C16H26N2O2/c1-16(19,12-18(2)3)11-17-10-15-14-7-5-4-6-13(14)8-9-20-15/h4-7,15,17,19H,8-12H2,1-3H3. The van der Waals surface area contributed by atoms with Crippen LogP contribution in [0.25, 0.3) is 0 Å². The second-order valence-electron chi connectivity index (χ2n) is 6.17. The Balaban J connectivity index is 1.86. The highest BCUT2D eigenvalue weighted by Crippen LogP contribution is 2.26. The monoisotopic (exact) mass is 278 g/mol. The van der Waals surface area contributed by atoms with Crippen LogP contribution in [0.4, 0.5) is 0 Å². The molecule has 2 atom stereocenters. The molecule has 1 aliphatic rings. The van der Waals surface area contributed by atoms with E-state index in [9.17, 15) is 5.11 Å². The zero-order valence-corrected chi connectivity index (χ0v) is 12.7. The van der Waals surface area contributed by atoms with E-state index in [4.69, 9.17) is 4.74 Å². The van der Waals surface area contributed by atoms with E-state index in [1.807, 2.05) is 25.9 Å². The number of fused-ring (bicyclic) bond motifs is 1. The summed E-state index contributed by atoms with van der Waals surface area (Å²) in [4.78, 5) is 1.99. The van der Waals surface area contributed by atoms with Gasteiger partial charge in [-0.05, 0) is 38.6 Å². The summed E-state index contributed by atoms with van der Waals surface area (Å²) >= 11 is 0. The summed E-state index contributed by atoms with van der Waals surface area (Å²) in [7, 11) is 3.93. The van der Waals surface area contributed by atoms with Crippen LogP contribution in [0.2, 0.25) is 0 Å². The Bertz CT molecular complexity index is 432. The smallest absolute Gasteiger partial charge is 0.0952 e. The first kappa shape index (κ1) is 15.4. The summed E-state index contributed by atoms with van der Waals surface area (Å²) in [6.45, 7) is 4.57. The lowest BCUT2D eigenvalue weighted by molar-refractivity contribution is 0.0176. The number of hydrogen-bond acceptors (Lipinski definition) is 4. The quantitative estimate of drug-likeness (QED) is 0.821. The predicted octanol–water partition coefficient (Wildman–Crippen LogP) is 1.20. The van der Waals surface area contributed by atoms with Gasteiger partial charge in [-0.2, -0.15) is 0 Å². The number of nitrogens with one attached hydrogen (secondary N) is 1. The Labute approximate surface area is 121 Å². The molecule has 1 aliphatic heterocycles. The van der Waals surface area contributed by atoms with Gasteiger partial charge in [-0.3, -0.25) is 0 Å². The molecule has 0 saturated carbocycles. The van der Waals surface area contributed by atoms with Gasteiger partial charge in [-0.1, -0.05) is 24.3 Å². The number of rotatable bonds is 6. The van der Waals surface area contributed by atoms with Crippen molar-refractivity contribution in [3.8, 4) is 0 Å². The largest absolute Gasteiger partial charge is 0.388 e. The van der Waals surface area contributed by atoms with Crippen molar-refractivity contribution >= 4 is 0 Å². The van der Waals surface area contributed by atoms with E-state index in [1.165, 1.54) is 11.1 Å². The van der Waals surface area contributed by atoms with Crippen LogP contribution in [-0.4, -0.2) is 55.9 Å². The van der Waals surface area contributed by atoms with E-state index in [-0.39, 0.29) is 6.10 Å². The molecule has 0 bridgehead atoms. The van der Waals surface area contributed by atoms with Crippen LogP contribution in [0, 0.1) is 0 Å². The Kier molecular flexibility index (Phi) is 5.16. The number of likely N-dealkylation sites (N-methyl/N-ethyl adjacent to an activating group) is 1. The molecule has 112 valence electrons. The van der Waals surface area contributed by atoms with Crippen molar-refractivity contribution < 1.29 is 9.84 Å². The second-order valence-corrected chi connectivity index (χ2v) is 6.17. The molecule has 0 fully saturated rings. The number of aliphatic hydroxyl groups is 1. The van der Waals surface area contributed by atoms with Gasteiger partial charge >= 0.3 is 0 Å². The maximum absolute atomic E-state index is 10.3. The van der Waals surface area contributed by atoms with Crippen LogP contribution in [0.1, 0.15) is 24.2 Å². The van der Waals surface area contributed by atoms with Crippen molar-refractivity contribution in [3.63, 3.8) is 0 Å². The van der Waals surface area contributed by atoms with Gasteiger partial charge in [0.15, 0.2) is 0 Å². The summed E-state index contributed by atoms with van der Waals surface area (Å²) in [6, 6.07) is 8.45. The third-order valence-electron chi connectivity index (χ3n) is 3.58. The van der Waals surface area contributed by atoms with Gasteiger partial charge in [0.2, 0.25) is 0 Å². The summed E-state index contributed by atoms with van der Waals surface area (Å²) in [6.07, 6.45) is 1.08.